The van der Waals surface area contributed by atoms with E-state index in [4.69, 9.17) is 0 Å². The highest BCUT2D eigenvalue weighted by Gasteiger charge is 2.21. The summed E-state index contributed by atoms with van der Waals surface area (Å²) in [6.07, 6.45) is 4.84. The topological polar surface area (TPSA) is 41.7 Å². The van der Waals surface area contributed by atoms with Crippen LogP contribution in [-0.4, -0.2) is 15.5 Å². The van der Waals surface area contributed by atoms with Crippen LogP contribution in [0.1, 0.15) is 31.0 Å². The van der Waals surface area contributed by atoms with Crippen molar-refractivity contribution in [2.45, 2.75) is 19.8 Å². The van der Waals surface area contributed by atoms with Crippen molar-refractivity contribution in [3.05, 3.63) is 83.9 Å². The molecule has 3 nitrogen and oxygen atoms in total. The first-order valence-electron chi connectivity index (χ1n) is 9.20. The molecular formula is C24H20FNO2. The third-order valence-electron chi connectivity index (χ3n) is 4.97. The fourth-order valence-corrected chi connectivity index (χ4v) is 3.88. The molecule has 0 bridgehead atoms. The van der Waals surface area contributed by atoms with Gasteiger partial charge in [0.15, 0.2) is 0 Å². The number of hydrogen-bond acceptors (Lipinski definition) is 1. The van der Waals surface area contributed by atoms with Crippen LogP contribution >= 0.6 is 0 Å². The summed E-state index contributed by atoms with van der Waals surface area (Å²) in [7, 11) is 0. The number of carboxylic acids is 1. The van der Waals surface area contributed by atoms with Gasteiger partial charge in [-0.25, -0.2) is 9.18 Å². The van der Waals surface area contributed by atoms with E-state index >= 15 is 0 Å². The van der Waals surface area contributed by atoms with Gasteiger partial charge in [0.1, 0.15) is 5.82 Å². The molecule has 4 rings (SSSR count). The highest BCUT2D eigenvalue weighted by atomic mass is 19.1. The first-order chi connectivity index (χ1) is 13.5. The molecule has 4 heteroatoms. The fourth-order valence-electron chi connectivity index (χ4n) is 3.88. The Balaban J connectivity index is 2.21. The van der Waals surface area contributed by atoms with Crippen LogP contribution in [0.3, 0.4) is 0 Å². The number of aromatic nitrogens is 1. The van der Waals surface area contributed by atoms with Gasteiger partial charge in [-0.3, -0.25) is 0 Å². The van der Waals surface area contributed by atoms with Crippen molar-refractivity contribution in [3.8, 4) is 11.1 Å². The van der Waals surface area contributed by atoms with Crippen LogP contribution in [0.2, 0.25) is 0 Å². The maximum atomic E-state index is 13.6. The number of carboxylic acid groups (broad SMARTS) is 1. The molecule has 2 aromatic heterocycles. The van der Waals surface area contributed by atoms with Gasteiger partial charge in [-0.2, -0.15) is 0 Å². The molecule has 28 heavy (non-hydrogen) atoms. The van der Waals surface area contributed by atoms with Crippen molar-refractivity contribution >= 4 is 28.3 Å². The molecule has 0 saturated heterocycles. The average Bonchev–Trinajstić information content (AvgIpc) is 3.02. The van der Waals surface area contributed by atoms with Crippen LogP contribution in [-0.2, 0) is 4.79 Å². The summed E-state index contributed by atoms with van der Waals surface area (Å²) < 4.78 is 15.7. The van der Waals surface area contributed by atoms with E-state index < -0.39 is 5.97 Å². The Morgan fingerprint density at radius 1 is 1.07 bits per heavy atom. The van der Waals surface area contributed by atoms with E-state index in [1.54, 1.807) is 18.2 Å². The minimum atomic E-state index is -1.00. The Morgan fingerprint density at radius 2 is 1.79 bits per heavy atom. The molecule has 0 unspecified atom stereocenters. The lowest BCUT2D eigenvalue weighted by Crippen LogP contribution is -1.97. The van der Waals surface area contributed by atoms with Crippen molar-refractivity contribution in [2.75, 3.05) is 0 Å². The fraction of sp³-hybridized carbons (Fsp3) is 0.125. The van der Waals surface area contributed by atoms with E-state index in [0.717, 1.165) is 44.7 Å². The molecule has 0 fully saturated rings. The Hall–Kier alpha value is -3.40. The van der Waals surface area contributed by atoms with E-state index in [2.05, 4.69) is 36.4 Å². The first kappa shape index (κ1) is 18.0. The summed E-state index contributed by atoms with van der Waals surface area (Å²) in [5.74, 6) is -1.14. The van der Waals surface area contributed by atoms with Crippen LogP contribution in [0, 0.1) is 5.82 Å². The highest BCUT2D eigenvalue weighted by Crippen LogP contribution is 2.40. The molecular weight excluding hydrogens is 353 g/mol. The number of carbonyl (C=O) groups is 1. The molecule has 0 aliphatic carbocycles. The highest BCUT2D eigenvalue weighted by molar-refractivity contribution is 6.07. The van der Waals surface area contributed by atoms with Crippen molar-refractivity contribution < 1.29 is 14.3 Å². The molecule has 140 valence electrons. The largest absolute Gasteiger partial charge is 0.478 e. The minimum Gasteiger partial charge on any atom is -0.478 e. The average molecular weight is 373 g/mol. The molecule has 0 atom stereocenters. The second kappa shape index (κ2) is 6.97. The van der Waals surface area contributed by atoms with Gasteiger partial charge in [0, 0.05) is 34.5 Å². The van der Waals surface area contributed by atoms with E-state index in [1.807, 2.05) is 18.3 Å². The Kier molecular flexibility index (Phi) is 4.47. The van der Waals surface area contributed by atoms with Gasteiger partial charge < -0.3 is 9.51 Å². The molecule has 1 N–H and O–H groups in total. The summed E-state index contributed by atoms with van der Waals surface area (Å²) in [4.78, 5) is 11.2. The van der Waals surface area contributed by atoms with Crippen molar-refractivity contribution in [1.29, 1.82) is 0 Å². The molecule has 0 aliphatic heterocycles. The van der Waals surface area contributed by atoms with Crippen LogP contribution in [0.5, 0.6) is 0 Å². The number of hydrogen-bond donors (Lipinski definition) is 1. The number of rotatable bonds is 4. The number of pyridine rings is 1. The number of fused-ring (bicyclic) bond motifs is 3. The van der Waals surface area contributed by atoms with Crippen molar-refractivity contribution in [1.82, 2.24) is 4.40 Å². The summed E-state index contributed by atoms with van der Waals surface area (Å²) in [5.41, 5.74) is 4.64. The quantitative estimate of drug-likeness (QED) is 0.438. The Bertz CT molecular complexity index is 1220. The van der Waals surface area contributed by atoms with Crippen LogP contribution in [0.4, 0.5) is 4.39 Å². The Morgan fingerprint density at radius 3 is 2.46 bits per heavy atom. The predicted octanol–water partition coefficient (Wildman–Crippen LogP) is 6.12. The standard InChI is InChI=1S/C24H20FNO2/c1-15(2)23-20(11-12-21(27)28)22(17-7-9-18(25)10-8-17)24-19-6-4-3-5-16(19)13-14-26(23)24/h3-15H,1-2H3,(H,27,28)/b12-11+. The third kappa shape index (κ3) is 2.97. The van der Waals surface area contributed by atoms with Gasteiger partial charge in [0.25, 0.3) is 0 Å². The molecule has 2 aromatic carbocycles. The molecule has 4 aromatic rings. The van der Waals surface area contributed by atoms with Gasteiger partial charge in [-0.15, -0.1) is 0 Å². The first-order valence-corrected chi connectivity index (χ1v) is 9.20. The zero-order valence-electron chi connectivity index (χ0n) is 15.7. The maximum absolute atomic E-state index is 13.6. The predicted molar refractivity (Wildman–Crippen MR) is 111 cm³/mol. The van der Waals surface area contributed by atoms with Crippen LogP contribution in [0.15, 0.2) is 66.9 Å². The minimum absolute atomic E-state index is 0.163. The molecule has 2 heterocycles. The number of benzene rings is 2. The molecule has 0 radical (unpaired) electrons. The Labute approximate surface area is 162 Å². The normalized spacial score (nSPS) is 11.9. The second-order valence-electron chi connectivity index (χ2n) is 7.13. The van der Waals surface area contributed by atoms with E-state index in [9.17, 15) is 14.3 Å². The van der Waals surface area contributed by atoms with Gasteiger partial charge >= 0.3 is 5.97 Å². The molecule has 0 amide bonds. The lowest BCUT2D eigenvalue weighted by molar-refractivity contribution is -0.131. The van der Waals surface area contributed by atoms with Gasteiger partial charge in [0.2, 0.25) is 0 Å². The maximum Gasteiger partial charge on any atom is 0.328 e. The van der Waals surface area contributed by atoms with Crippen LogP contribution < -0.4 is 0 Å². The van der Waals surface area contributed by atoms with Gasteiger partial charge in [-0.1, -0.05) is 50.2 Å². The SMILES string of the molecule is CC(C)c1c(/C=C/C(=O)O)c(-c2ccc(F)cc2)c2c3ccccc3ccn12. The zero-order chi connectivity index (χ0) is 19.8. The third-order valence-corrected chi connectivity index (χ3v) is 4.97. The van der Waals surface area contributed by atoms with E-state index in [-0.39, 0.29) is 11.7 Å². The number of halogens is 1. The van der Waals surface area contributed by atoms with Crippen LogP contribution in [0.25, 0.3) is 33.5 Å². The second-order valence-corrected chi connectivity index (χ2v) is 7.13. The zero-order valence-corrected chi connectivity index (χ0v) is 15.7. The summed E-state index contributed by atoms with van der Waals surface area (Å²) in [6, 6.07) is 16.5. The van der Waals surface area contributed by atoms with Gasteiger partial charge in [-0.05, 0) is 41.1 Å². The molecule has 0 spiro atoms. The smallest absolute Gasteiger partial charge is 0.328 e. The van der Waals surface area contributed by atoms with Crippen molar-refractivity contribution in [2.24, 2.45) is 0 Å². The van der Waals surface area contributed by atoms with Gasteiger partial charge in [0.05, 0.1) is 5.52 Å². The molecule has 0 aliphatic rings. The molecule has 0 saturated carbocycles. The summed E-state index contributed by atoms with van der Waals surface area (Å²) in [6.45, 7) is 4.17. The lowest BCUT2D eigenvalue weighted by Gasteiger charge is -2.09. The van der Waals surface area contributed by atoms with E-state index in [0.29, 0.717) is 0 Å². The summed E-state index contributed by atoms with van der Waals surface area (Å²) in [5, 5.41) is 11.4. The van der Waals surface area contributed by atoms with E-state index in [1.165, 1.54) is 12.1 Å². The number of aliphatic carboxylic acids is 1. The monoisotopic (exact) mass is 373 g/mol. The van der Waals surface area contributed by atoms with Crippen molar-refractivity contribution in [3.63, 3.8) is 0 Å². The summed E-state index contributed by atoms with van der Waals surface area (Å²) >= 11 is 0. The lowest BCUT2D eigenvalue weighted by atomic mass is 9.96. The number of nitrogens with zero attached hydrogens (tertiary/aromatic N) is 1.